The molecule has 1 aromatic carbocycles. The van der Waals surface area contributed by atoms with Gasteiger partial charge in [-0.25, -0.2) is 0 Å². The summed E-state index contributed by atoms with van der Waals surface area (Å²) >= 11 is 11.6. The van der Waals surface area contributed by atoms with E-state index in [1.165, 1.54) is 12.1 Å². The molecule has 0 aliphatic carbocycles. The van der Waals surface area contributed by atoms with Crippen LogP contribution in [-0.2, 0) is 0 Å². The van der Waals surface area contributed by atoms with Gasteiger partial charge in [0.15, 0.2) is 5.84 Å². The molecule has 0 spiro atoms. The summed E-state index contributed by atoms with van der Waals surface area (Å²) in [6.45, 7) is 3.20. The molecule has 0 aliphatic heterocycles. The summed E-state index contributed by atoms with van der Waals surface area (Å²) in [6.07, 6.45) is 0. The number of oxime groups is 1. The van der Waals surface area contributed by atoms with Gasteiger partial charge in [0, 0.05) is 5.02 Å². The Kier molecular flexibility index (Phi) is 4.43. The molecule has 4 N–H and O–H groups in total. The number of nitrogens with zero attached hydrogens (tertiary/aromatic N) is 1. The van der Waals surface area contributed by atoms with Crippen molar-refractivity contribution in [2.24, 2.45) is 10.9 Å². The van der Waals surface area contributed by atoms with Crippen molar-refractivity contribution in [2.45, 2.75) is 19.4 Å². The second-order valence-electron chi connectivity index (χ2n) is 4.19. The minimum absolute atomic E-state index is 0.110. The summed E-state index contributed by atoms with van der Waals surface area (Å²) in [6, 6.07) is 4.52. The van der Waals surface area contributed by atoms with Gasteiger partial charge < -0.3 is 16.3 Å². The molecule has 0 radical (unpaired) electrons. The van der Waals surface area contributed by atoms with Crippen LogP contribution in [-0.4, -0.2) is 22.5 Å². The first kappa shape index (κ1) is 14.6. The lowest BCUT2D eigenvalue weighted by molar-refractivity contribution is 0.0931. The molecule has 0 bridgehead atoms. The number of nitrogens with one attached hydrogen (secondary N) is 1. The standard InChI is InChI=1S/C11H13Cl2N3O2/c1-11(2,10(14)16-18)15-9(17)7-4-3-6(12)5-8(7)13/h3-5,18H,1-2H3,(H2,14,16)(H,15,17). The molecule has 1 rings (SSSR count). The molecule has 0 aromatic heterocycles. The molecule has 18 heavy (non-hydrogen) atoms. The molecule has 7 heteroatoms. The van der Waals surface area contributed by atoms with Crippen molar-refractivity contribution in [1.29, 1.82) is 0 Å². The molecule has 0 aliphatic rings. The van der Waals surface area contributed by atoms with Crippen molar-refractivity contribution in [3.05, 3.63) is 33.8 Å². The Morgan fingerprint density at radius 2 is 2.06 bits per heavy atom. The van der Waals surface area contributed by atoms with Crippen molar-refractivity contribution in [1.82, 2.24) is 5.32 Å². The first-order valence-electron chi connectivity index (χ1n) is 5.03. The van der Waals surface area contributed by atoms with Gasteiger partial charge in [-0.15, -0.1) is 0 Å². The zero-order valence-electron chi connectivity index (χ0n) is 9.87. The van der Waals surface area contributed by atoms with Crippen LogP contribution in [0.15, 0.2) is 23.4 Å². The largest absolute Gasteiger partial charge is 0.409 e. The maximum absolute atomic E-state index is 12.0. The Morgan fingerprint density at radius 1 is 1.44 bits per heavy atom. The van der Waals surface area contributed by atoms with E-state index in [0.717, 1.165) is 0 Å². The van der Waals surface area contributed by atoms with E-state index in [2.05, 4.69) is 10.5 Å². The van der Waals surface area contributed by atoms with E-state index in [0.29, 0.717) is 5.02 Å². The lowest BCUT2D eigenvalue weighted by atomic mass is 10.0. The predicted octanol–water partition coefficient (Wildman–Crippen LogP) is 2.25. The molecule has 0 saturated heterocycles. The van der Waals surface area contributed by atoms with E-state index < -0.39 is 11.4 Å². The second-order valence-corrected chi connectivity index (χ2v) is 5.03. The number of benzene rings is 1. The number of nitrogens with two attached hydrogens (primary N) is 1. The van der Waals surface area contributed by atoms with Crippen molar-refractivity contribution in [2.75, 3.05) is 0 Å². The maximum Gasteiger partial charge on any atom is 0.253 e. The highest BCUT2D eigenvalue weighted by molar-refractivity contribution is 6.36. The third-order valence-electron chi connectivity index (χ3n) is 2.35. The average molecular weight is 290 g/mol. The van der Waals surface area contributed by atoms with E-state index in [1.807, 2.05) is 0 Å². The van der Waals surface area contributed by atoms with Crippen molar-refractivity contribution in [3.63, 3.8) is 0 Å². The van der Waals surface area contributed by atoms with Crippen LogP contribution in [0.1, 0.15) is 24.2 Å². The van der Waals surface area contributed by atoms with E-state index in [9.17, 15) is 4.79 Å². The third-order valence-corrected chi connectivity index (χ3v) is 2.90. The SMILES string of the molecule is CC(C)(NC(=O)c1ccc(Cl)cc1Cl)/C(N)=N/O. The molecular formula is C11H13Cl2N3O2. The molecule has 0 unspecified atom stereocenters. The number of halogens is 2. The summed E-state index contributed by atoms with van der Waals surface area (Å²) in [7, 11) is 0. The van der Waals surface area contributed by atoms with Crippen LogP contribution in [0.25, 0.3) is 0 Å². The topological polar surface area (TPSA) is 87.7 Å². The van der Waals surface area contributed by atoms with Crippen molar-refractivity contribution >= 4 is 34.9 Å². The molecule has 1 amide bonds. The van der Waals surface area contributed by atoms with Gasteiger partial charge in [0.1, 0.15) is 0 Å². The zero-order valence-corrected chi connectivity index (χ0v) is 11.4. The Morgan fingerprint density at radius 3 is 2.56 bits per heavy atom. The molecule has 98 valence electrons. The normalized spacial score (nSPS) is 12.3. The van der Waals surface area contributed by atoms with Gasteiger partial charge in [-0.2, -0.15) is 0 Å². The van der Waals surface area contributed by atoms with E-state index >= 15 is 0 Å². The first-order valence-corrected chi connectivity index (χ1v) is 5.79. The lowest BCUT2D eigenvalue weighted by Gasteiger charge is -2.24. The third kappa shape index (κ3) is 3.27. The second kappa shape index (κ2) is 5.46. The number of hydrogen-bond donors (Lipinski definition) is 3. The van der Waals surface area contributed by atoms with Crippen molar-refractivity contribution in [3.8, 4) is 0 Å². The fourth-order valence-corrected chi connectivity index (χ4v) is 1.71. The summed E-state index contributed by atoms with van der Waals surface area (Å²) in [4.78, 5) is 12.0. The van der Waals surface area contributed by atoms with Gasteiger partial charge in [-0.1, -0.05) is 28.4 Å². The lowest BCUT2D eigenvalue weighted by Crippen LogP contribution is -2.53. The van der Waals surface area contributed by atoms with Gasteiger partial charge in [0.2, 0.25) is 0 Å². The Hall–Kier alpha value is -1.46. The highest BCUT2D eigenvalue weighted by atomic mass is 35.5. The quantitative estimate of drug-likeness (QED) is 0.345. The molecule has 0 fully saturated rings. The van der Waals surface area contributed by atoms with Crippen LogP contribution in [0.2, 0.25) is 10.0 Å². The number of hydrogen-bond acceptors (Lipinski definition) is 3. The fraction of sp³-hybridized carbons (Fsp3) is 0.273. The molecule has 0 heterocycles. The predicted molar refractivity (Wildman–Crippen MR) is 71.4 cm³/mol. The van der Waals surface area contributed by atoms with Crippen LogP contribution in [0, 0.1) is 0 Å². The Bertz CT molecular complexity index is 501. The van der Waals surface area contributed by atoms with Crippen LogP contribution in [0.4, 0.5) is 0 Å². The molecule has 1 aromatic rings. The van der Waals surface area contributed by atoms with Gasteiger partial charge >= 0.3 is 0 Å². The highest BCUT2D eigenvalue weighted by Crippen LogP contribution is 2.21. The minimum atomic E-state index is -0.991. The number of carbonyl (C=O) groups is 1. The Labute approximate surface area is 115 Å². The summed E-state index contributed by atoms with van der Waals surface area (Å²) in [5, 5.41) is 14.8. The Balaban J connectivity index is 2.96. The van der Waals surface area contributed by atoms with Gasteiger partial charge in [-0.3, -0.25) is 4.79 Å². The van der Waals surface area contributed by atoms with E-state index in [-0.39, 0.29) is 16.4 Å². The summed E-state index contributed by atoms with van der Waals surface area (Å²) < 4.78 is 0. The number of amidine groups is 1. The van der Waals surface area contributed by atoms with Crippen LogP contribution in [0.3, 0.4) is 0 Å². The fourth-order valence-electron chi connectivity index (χ4n) is 1.21. The monoisotopic (exact) mass is 289 g/mol. The zero-order chi connectivity index (χ0) is 13.9. The van der Waals surface area contributed by atoms with Gasteiger partial charge in [-0.05, 0) is 32.0 Å². The smallest absolute Gasteiger partial charge is 0.253 e. The molecule has 0 atom stereocenters. The van der Waals surface area contributed by atoms with Crippen LogP contribution in [0.5, 0.6) is 0 Å². The highest BCUT2D eigenvalue weighted by Gasteiger charge is 2.27. The van der Waals surface area contributed by atoms with Crippen LogP contribution < -0.4 is 11.1 Å². The number of carbonyl (C=O) groups excluding carboxylic acids is 1. The average Bonchev–Trinajstić information content (AvgIpc) is 2.26. The number of amides is 1. The van der Waals surface area contributed by atoms with Crippen molar-refractivity contribution < 1.29 is 10.0 Å². The van der Waals surface area contributed by atoms with E-state index in [1.54, 1.807) is 19.9 Å². The van der Waals surface area contributed by atoms with E-state index in [4.69, 9.17) is 34.1 Å². The van der Waals surface area contributed by atoms with Crippen LogP contribution >= 0.6 is 23.2 Å². The minimum Gasteiger partial charge on any atom is -0.409 e. The number of rotatable bonds is 3. The molecule has 5 nitrogen and oxygen atoms in total. The summed E-state index contributed by atoms with van der Waals surface area (Å²) in [5.74, 6) is -0.547. The maximum atomic E-state index is 12.0. The molecular weight excluding hydrogens is 277 g/mol. The van der Waals surface area contributed by atoms with Gasteiger partial charge in [0.05, 0.1) is 16.1 Å². The van der Waals surface area contributed by atoms with Gasteiger partial charge in [0.25, 0.3) is 5.91 Å². The summed E-state index contributed by atoms with van der Waals surface area (Å²) in [5.41, 5.74) is 4.74. The first-order chi connectivity index (χ1) is 8.27. The molecule has 0 saturated carbocycles.